The first kappa shape index (κ1) is 16.6. The third-order valence-corrected chi connectivity index (χ3v) is 3.00. The van der Waals surface area contributed by atoms with Crippen LogP contribution in [0.5, 0.6) is 0 Å². The minimum absolute atomic E-state index is 0. The van der Waals surface area contributed by atoms with Crippen LogP contribution < -0.4 is 5.32 Å². The van der Waals surface area contributed by atoms with E-state index in [2.05, 4.69) is 10.2 Å². The molecular formula is C10H19Cl2N3O2. The van der Waals surface area contributed by atoms with Crippen molar-refractivity contribution in [3.8, 4) is 0 Å². The molecule has 2 fully saturated rings. The van der Waals surface area contributed by atoms with Gasteiger partial charge in [-0.1, -0.05) is 0 Å². The zero-order valence-electron chi connectivity index (χ0n) is 9.68. The fourth-order valence-corrected chi connectivity index (χ4v) is 2.05. The molecule has 5 nitrogen and oxygen atoms in total. The summed E-state index contributed by atoms with van der Waals surface area (Å²) in [4.78, 5) is 26.4. The van der Waals surface area contributed by atoms with Crippen molar-refractivity contribution in [2.24, 2.45) is 0 Å². The van der Waals surface area contributed by atoms with Crippen molar-refractivity contribution in [1.29, 1.82) is 0 Å². The van der Waals surface area contributed by atoms with Gasteiger partial charge in [-0.15, -0.1) is 24.8 Å². The Morgan fingerprint density at radius 2 is 1.47 bits per heavy atom. The Bertz CT molecular complexity index is 254. The van der Waals surface area contributed by atoms with E-state index in [1.165, 1.54) is 4.90 Å². The number of hydrogen-bond acceptors (Lipinski definition) is 4. The molecule has 2 aliphatic rings. The highest BCUT2D eigenvalue weighted by atomic mass is 35.5. The first-order valence-corrected chi connectivity index (χ1v) is 5.53. The van der Waals surface area contributed by atoms with E-state index in [9.17, 15) is 9.59 Å². The number of nitrogens with one attached hydrogen (secondary N) is 1. The van der Waals surface area contributed by atoms with E-state index in [1.54, 1.807) is 0 Å². The highest BCUT2D eigenvalue weighted by Crippen LogP contribution is 2.11. The van der Waals surface area contributed by atoms with Crippen molar-refractivity contribution in [3.05, 3.63) is 0 Å². The largest absolute Gasteiger partial charge is 0.314 e. The van der Waals surface area contributed by atoms with Crippen molar-refractivity contribution in [2.75, 3.05) is 39.3 Å². The summed E-state index contributed by atoms with van der Waals surface area (Å²) in [6.45, 7) is 5.41. The number of piperazine rings is 1. The van der Waals surface area contributed by atoms with Crippen molar-refractivity contribution >= 4 is 36.6 Å². The number of rotatable bonds is 3. The Morgan fingerprint density at radius 3 is 2.00 bits per heavy atom. The van der Waals surface area contributed by atoms with Gasteiger partial charge in [0.2, 0.25) is 11.8 Å². The van der Waals surface area contributed by atoms with Gasteiger partial charge in [0, 0.05) is 52.1 Å². The maximum Gasteiger partial charge on any atom is 0.229 e. The van der Waals surface area contributed by atoms with Gasteiger partial charge in [0.1, 0.15) is 0 Å². The molecule has 17 heavy (non-hydrogen) atoms. The molecule has 0 aromatic rings. The number of hydrogen-bond donors (Lipinski definition) is 1. The summed E-state index contributed by atoms with van der Waals surface area (Å²) in [5.74, 6) is -0.00901. The monoisotopic (exact) mass is 283 g/mol. The highest BCUT2D eigenvalue weighted by Gasteiger charge is 2.28. The Kier molecular flexibility index (Phi) is 7.70. The Balaban J connectivity index is 0.00000128. The molecule has 2 rings (SSSR count). The summed E-state index contributed by atoms with van der Waals surface area (Å²) in [6, 6.07) is 0. The summed E-state index contributed by atoms with van der Waals surface area (Å²) in [6.07, 6.45) is 0.806. The predicted molar refractivity (Wildman–Crippen MR) is 69.8 cm³/mol. The summed E-state index contributed by atoms with van der Waals surface area (Å²) in [5, 5.41) is 3.27. The van der Waals surface area contributed by atoms with Crippen LogP contribution in [0.4, 0.5) is 0 Å². The number of nitrogens with zero attached hydrogens (tertiary/aromatic N) is 2. The summed E-state index contributed by atoms with van der Waals surface area (Å²) in [7, 11) is 0. The molecule has 0 aliphatic carbocycles. The van der Waals surface area contributed by atoms with E-state index in [0.717, 1.165) is 32.7 Å². The van der Waals surface area contributed by atoms with Crippen LogP contribution in [0.2, 0.25) is 0 Å². The molecule has 1 N–H and O–H groups in total. The Morgan fingerprint density at radius 1 is 0.941 bits per heavy atom. The molecule has 2 aliphatic heterocycles. The lowest BCUT2D eigenvalue weighted by atomic mass is 10.3. The maximum absolute atomic E-state index is 11.3. The first-order valence-electron chi connectivity index (χ1n) is 5.53. The van der Waals surface area contributed by atoms with Crippen LogP contribution in [0.3, 0.4) is 0 Å². The standard InChI is InChI=1S/C10H17N3O2.2ClH/c14-9-1-2-10(15)13(9)8-7-12-5-3-11-4-6-12;;/h11H,1-8H2;2*1H. The third kappa shape index (κ3) is 4.43. The van der Waals surface area contributed by atoms with Crippen LogP contribution in [-0.2, 0) is 9.59 Å². The lowest BCUT2D eigenvalue weighted by molar-refractivity contribution is -0.138. The van der Waals surface area contributed by atoms with Crippen LogP contribution in [-0.4, -0.2) is 60.9 Å². The molecule has 2 saturated heterocycles. The molecular weight excluding hydrogens is 265 g/mol. The van der Waals surface area contributed by atoms with E-state index in [0.29, 0.717) is 19.4 Å². The third-order valence-electron chi connectivity index (χ3n) is 3.00. The molecule has 2 amide bonds. The Hall–Kier alpha value is -0.360. The number of amides is 2. The van der Waals surface area contributed by atoms with Crippen molar-refractivity contribution in [2.45, 2.75) is 12.8 Å². The van der Waals surface area contributed by atoms with Crippen LogP contribution >= 0.6 is 24.8 Å². The van der Waals surface area contributed by atoms with Crippen LogP contribution in [0.1, 0.15) is 12.8 Å². The number of carbonyl (C=O) groups excluding carboxylic acids is 2. The lowest BCUT2D eigenvalue weighted by Crippen LogP contribution is -2.46. The number of carbonyl (C=O) groups is 2. The SMILES string of the molecule is Cl.Cl.O=C1CCC(=O)N1CCN1CCNCC1. The molecule has 0 atom stereocenters. The van der Waals surface area contributed by atoms with Gasteiger partial charge in [-0.25, -0.2) is 0 Å². The topological polar surface area (TPSA) is 52.7 Å². The second kappa shape index (κ2) is 7.87. The molecule has 0 aromatic carbocycles. The van der Waals surface area contributed by atoms with E-state index in [4.69, 9.17) is 0 Å². The van der Waals surface area contributed by atoms with E-state index >= 15 is 0 Å². The molecule has 0 aromatic heterocycles. The zero-order chi connectivity index (χ0) is 10.7. The van der Waals surface area contributed by atoms with Gasteiger partial charge in [-0.05, 0) is 0 Å². The smallest absolute Gasteiger partial charge is 0.229 e. The van der Waals surface area contributed by atoms with Crippen molar-refractivity contribution in [3.63, 3.8) is 0 Å². The second-order valence-electron chi connectivity index (χ2n) is 4.03. The average Bonchev–Trinajstić information content (AvgIpc) is 2.58. The predicted octanol–water partition coefficient (Wildman–Crippen LogP) is -0.116. The maximum atomic E-state index is 11.3. The molecule has 100 valence electrons. The summed E-state index contributed by atoms with van der Waals surface area (Å²) in [5.41, 5.74) is 0. The van der Waals surface area contributed by atoms with Gasteiger partial charge in [0.25, 0.3) is 0 Å². The molecule has 0 spiro atoms. The number of imide groups is 1. The van der Waals surface area contributed by atoms with Crippen LogP contribution in [0.25, 0.3) is 0 Å². The van der Waals surface area contributed by atoms with Gasteiger partial charge in [-0.2, -0.15) is 0 Å². The molecule has 0 saturated carbocycles. The fourth-order valence-electron chi connectivity index (χ4n) is 2.05. The fraction of sp³-hybridized carbons (Fsp3) is 0.800. The number of likely N-dealkylation sites (tertiary alicyclic amines) is 1. The summed E-state index contributed by atoms with van der Waals surface area (Å²) < 4.78 is 0. The molecule has 2 heterocycles. The van der Waals surface area contributed by atoms with E-state index in [1.807, 2.05) is 0 Å². The van der Waals surface area contributed by atoms with Crippen LogP contribution in [0, 0.1) is 0 Å². The molecule has 0 bridgehead atoms. The van der Waals surface area contributed by atoms with E-state index < -0.39 is 0 Å². The Labute approximate surface area is 114 Å². The van der Waals surface area contributed by atoms with Gasteiger partial charge < -0.3 is 5.32 Å². The minimum atomic E-state index is -0.00451. The quantitative estimate of drug-likeness (QED) is 0.734. The van der Waals surface area contributed by atoms with Crippen molar-refractivity contribution in [1.82, 2.24) is 15.1 Å². The molecule has 7 heteroatoms. The van der Waals surface area contributed by atoms with Crippen LogP contribution in [0.15, 0.2) is 0 Å². The van der Waals surface area contributed by atoms with Gasteiger partial charge in [-0.3, -0.25) is 19.4 Å². The average molecular weight is 284 g/mol. The second-order valence-corrected chi connectivity index (χ2v) is 4.03. The lowest BCUT2D eigenvalue weighted by Gasteiger charge is -2.28. The van der Waals surface area contributed by atoms with Gasteiger partial charge in [0.05, 0.1) is 0 Å². The van der Waals surface area contributed by atoms with E-state index in [-0.39, 0.29) is 36.6 Å². The van der Waals surface area contributed by atoms with Gasteiger partial charge >= 0.3 is 0 Å². The highest BCUT2D eigenvalue weighted by molar-refractivity contribution is 6.01. The van der Waals surface area contributed by atoms with Crippen molar-refractivity contribution < 1.29 is 9.59 Å². The normalized spacial score (nSPS) is 21.1. The van der Waals surface area contributed by atoms with Gasteiger partial charge in [0.15, 0.2) is 0 Å². The first-order chi connectivity index (χ1) is 7.27. The summed E-state index contributed by atoms with van der Waals surface area (Å²) >= 11 is 0. The number of halogens is 2. The zero-order valence-corrected chi connectivity index (χ0v) is 11.3. The minimum Gasteiger partial charge on any atom is -0.314 e. The molecule has 0 radical (unpaired) electrons. The molecule has 0 unspecified atom stereocenters.